The summed E-state index contributed by atoms with van der Waals surface area (Å²) in [6, 6.07) is 6.18. The predicted octanol–water partition coefficient (Wildman–Crippen LogP) is 3.55. The molecule has 0 aliphatic carbocycles. The Morgan fingerprint density at radius 1 is 1.11 bits per heavy atom. The topological polar surface area (TPSA) is 31.4 Å². The van der Waals surface area contributed by atoms with Crippen molar-refractivity contribution in [1.29, 1.82) is 0 Å². The van der Waals surface area contributed by atoms with Gasteiger partial charge in [0.15, 0.2) is 6.29 Å². The van der Waals surface area contributed by atoms with Gasteiger partial charge in [-0.25, -0.2) is 4.98 Å². The average Bonchev–Trinajstić information content (AvgIpc) is 2.84. The smallest absolute Gasteiger partial charge is 0.187 e. The number of hydrogen-bond donors (Lipinski definition) is 0. The van der Waals surface area contributed by atoms with Gasteiger partial charge in [0, 0.05) is 10.9 Å². The molecule has 18 heavy (non-hydrogen) atoms. The minimum Gasteiger partial charge on any atom is -0.346 e. The van der Waals surface area contributed by atoms with Gasteiger partial charge in [-0.05, 0) is 43.2 Å². The zero-order valence-electron chi connectivity index (χ0n) is 10.4. The quantitative estimate of drug-likeness (QED) is 0.738. The predicted molar refractivity (Wildman–Crippen MR) is 70.9 cm³/mol. The van der Waals surface area contributed by atoms with Gasteiger partial charge in [0.1, 0.15) is 5.15 Å². The Balaban J connectivity index is 2.16. The fraction of sp³-hybridized carbons (Fsp3) is 0.357. The molecule has 1 aromatic heterocycles. The lowest BCUT2D eigenvalue weighted by atomic mass is 10.1. The summed E-state index contributed by atoms with van der Waals surface area (Å²) < 4.78 is 11.0. The molecular formula is C14H14ClNO2. The molecule has 0 radical (unpaired) electrons. The van der Waals surface area contributed by atoms with Crippen molar-refractivity contribution in [3.8, 4) is 0 Å². The van der Waals surface area contributed by atoms with Crippen LogP contribution in [-0.2, 0) is 9.47 Å². The second-order valence-electron chi connectivity index (χ2n) is 4.57. The maximum absolute atomic E-state index is 6.20. The molecule has 0 spiro atoms. The zero-order chi connectivity index (χ0) is 12.7. The second kappa shape index (κ2) is 4.50. The summed E-state index contributed by atoms with van der Waals surface area (Å²) in [7, 11) is 0. The Morgan fingerprint density at radius 3 is 2.50 bits per heavy atom. The number of halogens is 1. The van der Waals surface area contributed by atoms with E-state index in [-0.39, 0.29) is 6.29 Å². The van der Waals surface area contributed by atoms with Gasteiger partial charge < -0.3 is 9.47 Å². The summed E-state index contributed by atoms with van der Waals surface area (Å²) in [6.45, 7) is 5.37. The average molecular weight is 264 g/mol. The van der Waals surface area contributed by atoms with E-state index in [9.17, 15) is 0 Å². The highest BCUT2D eigenvalue weighted by molar-refractivity contribution is 6.30. The molecule has 0 bridgehead atoms. The molecule has 0 saturated carbocycles. The summed E-state index contributed by atoms with van der Waals surface area (Å²) >= 11 is 6.20. The number of aromatic nitrogens is 1. The Hall–Kier alpha value is -1.16. The Bertz CT molecular complexity index is 606. The largest absolute Gasteiger partial charge is 0.346 e. The molecule has 0 atom stereocenters. The van der Waals surface area contributed by atoms with Crippen molar-refractivity contribution < 1.29 is 9.47 Å². The molecule has 1 aromatic carbocycles. The standard InChI is InChI=1S/C14H14ClNO2/c1-8-5-10-7-11(14-17-3-4-18-14)13(15)16-12(10)6-9(8)2/h5-7,14H,3-4H2,1-2H3. The number of aryl methyl sites for hydroxylation is 2. The molecule has 0 unspecified atom stereocenters. The molecule has 94 valence electrons. The van der Waals surface area contributed by atoms with Gasteiger partial charge in [-0.15, -0.1) is 0 Å². The molecule has 4 heteroatoms. The highest BCUT2D eigenvalue weighted by Crippen LogP contribution is 2.31. The van der Waals surface area contributed by atoms with Gasteiger partial charge in [0.05, 0.1) is 18.7 Å². The normalized spacial score (nSPS) is 16.6. The molecule has 3 rings (SSSR count). The van der Waals surface area contributed by atoms with E-state index in [0.717, 1.165) is 16.5 Å². The van der Waals surface area contributed by atoms with Crippen LogP contribution in [0.4, 0.5) is 0 Å². The van der Waals surface area contributed by atoms with Crippen LogP contribution < -0.4 is 0 Å². The third-order valence-electron chi connectivity index (χ3n) is 3.29. The lowest BCUT2D eigenvalue weighted by Gasteiger charge is -2.12. The summed E-state index contributed by atoms with van der Waals surface area (Å²) in [5.41, 5.74) is 4.17. The lowest BCUT2D eigenvalue weighted by Crippen LogP contribution is -2.01. The fourth-order valence-corrected chi connectivity index (χ4v) is 2.37. The van der Waals surface area contributed by atoms with Crippen LogP contribution in [0.25, 0.3) is 10.9 Å². The van der Waals surface area contributed by atoms with Gasteiger partial charge >= 0.3 is 0 Å². The van der Waals surface area contributed by atoms with Crippen LogP contribution in [0.2, 0.25) is 5.15 Å². The third kappa shape index (κ3) is 1.99. The number of hydrogen-bond acceptors (Lipinski definition) is 3. The van der Waals surface area contributed by atoms with Crippen LogP contribution in [0.1, 0.15) is 23.0 Å². The monoisotopic (exact) mass is 263 g/mol. The van der Waals surface area contributed by atoms with Crippen molar-refractivity contribution in [2.75, 3.05) is 13.2 Å². The summed E-state index contributed by atoms with van der Waals surface area (Å²) in [5.74, 6) is 0. The zero-order valence-corrected chi connectivity index (χ0v) is 11.1. The number of nitrogens with zero attached hydrogens (tertiary/aromatic N) is 1. The van der Waals surface area contributed by atoms with E-state index >= 15 is 0 Å². The molecule has 0 N–H and O–H groups in total. The van der Waals surface area contributed by atoms with Crippen LogP contribution in [-0.4, -0.2) is 18.2 Å². The molecule has 2 heterocycles. The summed E-state index contributed by atoms with van der Waals surface area (Å²) in [6.07, 6.45) is -0.379. The first-order valence-electron chi connectivity index (χ1n) is 5.96. The molecule has 1 aliphatic rings. The molecule has 1 saturated heterocycles. The first-order valence-corrected chi connectivity index (χ1v) is 6.33. The van der Waals surface area contributed by atoms with Crippen LogP contribution in [0.15, 0.2) is 18.2 Å². The van der Waals surface area contributed by atoms with Crippen LogP contribution in [0, 0.1) is 13.8 Å². The van der Waals surface area contributed by atoms with Crippen molar-refractivity contribution in [2.24, 2.45) is 0 Å². The molecule has 0 amide bonds. The van der Waals surface area contributed by atoms with Crippen LogP contribution >= 0.6 is 11.6 Å². The first kappa shape index (κ1) is 11.9. The Labute approximate surface area is 111 Å². The minimum atomic E-state index is -0.379. The molecule has 1 aliphatic heterocycles. The third-order valence-corrected chi connectivity index (χ3v) is 3.59. The van der Waals surface area contributed by atoms with Crippen molar-refractivity contribution in [2.45, 2.75) is 20.1 Å². The van der Waals surface area contributed by atoms with E-state index in [1.165, 1.54) is 11.1 Å². The van der Waals surface area contributed by atoms with Gasteiger partial charge in [-0.1, -0.05) is 11.6 Å². The summed E-state index contributed by atoms with van der Waals surface area (Å²) in [5, 5.41) is 1.52. The minimum absolute atomic E-state index is 0.379. The number of benzene rings is 1. The second-order valence-corrected chi connectivity index (χ2v) is 4.93. The van der Waals surface area contributed by atoms with Crippen LogP contribution in [0.3, 0.4) is 0 Å². The van der Waals surface area contributed by atoms with E-state index in [1.807, 2.05) is 6.07 Å². The number of pyridine rings is 1. The summed E-state index contributed by atoms with van der Waals surface area (Å²) in [4.78, 5) is 4.43. The highest BCUT2D eigenvalue weighted by atomic mass is 35.5. The highest BCUT2D eigenvalue weighted by Gasteiger charge is 2.22. The van der Waals surface area contributed by atoms with E-state index in [2.05, 4.69) is 31.0 Å². The van der Waals surface area contributed by atoms with E-state index in [0.29, 0.717) is 18.4 Å². The van der Waals surface area contributed by atoms with E-state index < -0.39 is 0 Å². The van der Waals surface area contributed by atoms with Crippen molar-refractivity contribution in [3.05, 3.63) is 40.0 Å². The molecule has 1 fully saturated rings. The van der Waals surface area contributed by atoms with Gasteiger partial charge in [-0.2, -0.15) is 0 Å². The maximum atomic E-state index is 6.20. The van der Waals surface area contributed by atoms with Crippen molar-refractivity contribution >= 4 is 22.5 Å². The number of ether oxygens (including phenoxy) is 2. The lowest BCUT2D eigenvalue weighted by molar-refractivity contribution is -0.0441. The van der Waals surface area contributed by atoms with Gasteiger partial charge in [-0.3, -0.25) is 0 Å². The van der Waals surface area contributed by atoms with Gasteiger partial charge in [0.25, 0.3) is 0 Å². The maximum Gasteiger partial charge on any atom is 0.187 e. The Morgan fingerprint density at radius 2 is 1.78 bits per heavy atom. The molecular weight excluding hydrogens is 250 g/mol. The number of fused-ring (bicyclic) bond motifs is 1. The first-order chi connectivity index (χ1) is 8.65. The van der Waals surface area contributed by atoms with Crippen molar-refractivity contribution in [1.82, 2.24) is 4.98 Å². The number of rotatable bonds is 1. The SMILES string of the molecule is Cc1cc2cc(C3OCCO3)c(Cl)nc2cc1C. The van der Waals surface area contributed by atoms with Gasteiger partial charge in [0.2, 0.25) is 0 Å². The fourth-order valence-electron chi connectivity index (χ4n) is 2.14. The van der Waals surface area contributed by atoms with Crippen molar-refractivity contribution in [3.63, 3.8) is 0 Å². The van der Waals surface area contributed by atoms with E-state index in [1.54, 1.807) is 0 Å². The van der Waals surface area contributed by atoms with Crippen LogP contribution in [0.5, 0.6) is 0 Å². The molecule has 3 nitrogen and oxygen atoms in total. The molecule has 2 aromatic rings. The Kier molecular flexibility index (Phi) is 2.98. The van der Waals surface area contributed by atoms with E-state index in [4.69, 9.17) is 21.1 Å².